The number of aromatic hydroxyl groups is 2. The Kier molecular flexibility index (Phi) is 3.74. The van der Waals surface area contributed by atoms with E-state index in [1.54, 1.807) is 6.92 Å². The van der Waals surface area contributed by atoms with E-state index in [0.717, 1.165) is 18.9 Å². The highest BCUT2D eigenvalue weighted by atomic mass is 16.6. The summed E-state index contributed by atoms with van der Waals surface area (Å²) < 4.78 is 5.63. The molecule has 3 aliphatic carbocycles. The number of rotatable bonds is 2. The zero-order chi connectivity index (χ0) is 19.8. The number of phenolic OH excluding ortho intramolecular Hbond substituents is 2. The Hall–Kier alpha value is -2.01. The predicted octanol–water partition coefficient (Wildman–Crippen LogP) is 3.69. The average Bonchev–Trinajstić information content (AvgIpc) is 2.85. The Bertz CT molecular complexity index is 818. The fourth-order valence-corrected chi connectivity index (χ4v) is 5.80. The van der Waals surface area contributed by atoms with Crippen molar-refractivity contribution in [2.45, 2.75) is 58.7 Å². The van der Waals surface area contributed by atoms with Crippen molar-refractivity contribution in [2.24, 2.45) is 22.7 Å². The third-order valence-electron chi connectivity index (χ3n) is 7.26. The first-order valence-electron chi connectivity index (χ1n) is 9.62. The molecule has 5 unspecified atom stereocenters. The van der Waals surface area contributed by atoms with E-state index in [0.29, 0.717) is 23.8 Å². The van der Waals surface area contributed by atoms with Gasteiger partial charge < -0.3 is 20.1 Å². The topological polar surface area (TPSA) is 87.0 Å². The number of ether oxygens (including phenoxy) is 1. The van der Waals surface area contributed by atoms with E-state index >= 15 is 0 Å². The van der Waals surface area contributed by atoms with Crippen molar-refractivity contribution in [3.05, 3.63) is 35.4 Å². The Morgan fingerprint density at radius 2 is 1.85 bits per heavy atom. The lowest BCUT2D eigenvalue weighted by molar-refractivity contribution is -0.241. The van der Waals surface area contributed by atoms with Crippen LogP contribution in [-0.4, -0.2) is 33.0 Å². The molecule has 0 amide bonds. The Morgan fingerprint density at radius 1 is 1.15 bits per heavy atom. The molecule has 0 saturated heterocycles. The molecule has 0 heterocycles. The summed E-state index contributed by atoms with van der Waals surface area (Å²) >= 11 is 0. The first-order chi connectivity index (χ1) is 12.5. The second-order valence-corrected chi connectivity index (χ2v) is 9.70. The highest BCUT2D eigenvalue weighted by Gasteiger charge is 2.69. The summed E-state index contributed by atoms with van der Waals surface area (Å²) in [6, 6.07) is 2.52. The van der Waals surface area contributed by atoms with Gasteiger partial charge in [0.05, 0.1) is 0 Å². The minimum atomic E-state index is -1.18. The molecule has 2 saturated carbocycles. The van der Waals surface area contributed by atoms with Gasteiger partial charge in [-0.1, -0.05) is 32.9 Å². The molecular weight excluding hydrogens is 344 g/mol. The number of carbonyl (C=O) groups is 1. The SMILES string of the molecule is Cc1cc(O)cc(O)c1C(=O)OC1CC2(C)C3CC(C)(C)CC3C=CC12O. The van der Waals surface area contributed by atoms with Crippen LogP contribution in [0.1, 0.15) is 56.0 Å². The third-order valence-corrected chi connectivity index (χ3v) is 7.26. The van der Waals surface area contributed by atoms with Crippen molar-refractivity contribution in [2.75, 3.05) is 0 Å². The van der Waals surface area contributed by atoms with Crippen molar-refractivity contribution < 1.29 is 24.9 Å². The number of carbonyl (C=O) groups excluding carboxylic acids is 1. The number of hydrogen-bond donors (Lipinski definition) is 3. The van der Waals surface area contributed by atoms with Crippen molar-refractivity contribution >= 4 is 5.97 Å². The maximum atomic E-state index is 12.7. The monoisotopic (exact) mass is 372 g/mol. The van der Waals surface area contributed by atoms with Crippen molar-refractivity contribution in [3.8, 4) is 11.5 Å². The molecule has 5 nitrogen and oxygen atoms in total. The van der Waals surface area contributed by atoms with Crippen LogP contribution in [0.15, 0.2) is 24.3 Å². The van der Waals surface area contributed by atoms with Crippen LogP contribution < -0.4 is 0 Å². The number of phenols is 2. The van der Waals surface area contributed by atoms with Crippen LogP contribution in [0.4, 0.5) is 0 Å². The van der Waals surface area contributed by atoms with Gasteiger partial charge in [0.2, 0.25) is 0 Å². The van der Waals surface area contributed by atoms with Gasteiger partial charge in [-0.3, -0.25) is 0 Å². The number of benzene rings is 1. The zero-order valence-corrected chi connectivity index (χ0v) is 16.3. The number of allylic oxidation sites excluding steroid dienone is 1. The summed E-state index contributed by atoms with van der Waals surface area (Å²) in [5.74, 6) is -0.260. The van der Waals surface area contributed by atoms with Gasteiger partial charge in [0.15, 0.2) is 0 Å². The number of aryl methyl sites for hydroxylation is 1. The largest absolute Gasteiger partial charge is 0.508 e. The van der Waals surface area contributed by atoms with Crippen LogP contribution in [0.2, 0.25) is 0 Å². The van der Waals surface area contributed by atoms with Crippen LogP contribution >= 0.6 is 0 Å². The molecule has 5 heteroatoms. The van der Waals surface area contributed by atoms with E-state index in [-0.39, 0.29) is 27.9 Å². The van der Waals surface area contributed by atoms with Crippen LogP contribution in [0.5, 0.6) is 11.5 Å². The second kappa shape index (κ2) is 5.51. The highest BCUT2D eigenvalue weighted by molar-refractivity contribution is 5.94. The van der Waals surface area contributed by atoms with Gasteiger partial charge in [-0.2, -0.15) is 0 Å². The maximum Gasteiger partial charge on any atom is 0.342 e. The number of fused-ring (bicyclic) bond motifs is 3. The normalized spacial score (nSPS) is 38.6. The molecule has 0 spiro atoms. The summed E-state index contributed by atoms with van der Waals surface area (Å²) in [7, 11) is 0. The van der Waals surface area contributed by atoms with Gasteiger partial charge >= 0.3 is 5.97 Å². The second-order valence-electron chi connectivity index (χ2n) is 9.70. The summed E-state index contributed by atoms with van der Waals surface area (Å²) in [5, 5.41) is 31.0. The Morgan fingerprint density at radius 3 is 2.52 bits per heavy atom. The summed E-state index contributed by atoms with van der Waals surface area (Å²) in [6.45, 7) is 8.27. The molecule has 1 aromatic rings. The molecule has 2 fully saturated rings. The molecule has 0 aromatic heterocycles. The van der Waals surface area contributed by atoms with E-state index < -0.39 is 17.7 Å². The van der Waals surface area contributed by atoms with Crippen molar-refractivity contribution in [3.63, 3.8) is 0 Å². The molecule has 0 bridgehead atoms. The molecular formula is C22H28O5. The summed E-state index contributed by atoms with van der Waals surface area (Å²) in [5.41, 5.74) is -0.764. The highest BCUT2D eigenvalue weighted by Crippen LogP contribution is 2.66. The van der Waals surface area contributed by atoms with E-state index in [9.17, 15) is 20.1 Å². The minimum Gasteiger partial charge on any atom is -0.508 e. The zero-order valence-electron chi connectivity index (χ0n) is 16.3. The maximum absolute atomic E-state index is 12.7. The van der Waals surface area contributed by atoms with Crippen molar-refractivity contribution in [1.29, 1.82) is 0 Å². The lowest BCUT2D eigenvalue weighted by Crippen LogP contribution is -2.70. The first kappa shape index (κ1) is 18.4. The smallest absolute Gasteiger partial charge is 0.342 e. The molecule has 3 N–H and O–H groups in total. The molecule has 3 aliphatic rings. The van der Waals surface area contributed by atoms with Gasteiger partial charge in [-0.05, 0) is 55.1 Å². The molecule has 0 aliphatic heterocycles. The van der Waals surface area contributed by atoms with Gasteiger partial charge in [-0.25, -0.2) is 4.79 Å². The lowest BCUT2D eigenvalue weighted by Gasteiger charge is -2.63. The van der Waals surface area contributed by atoms with E-state index in [4.69, 9.17) is 4.74 Å². The average molecular weight is 372 g/mol. The molecule has 1 aromatic carbocycles. The van der Waals surface area contributed by atoms with E-state index in [2.05, 4.69) is 26.8 Å². The molecule has 5 atom stereocenters. The quantitative estimate of drug-likeness (QED) is 0.544. The van der Waals surface area contributed by atoms with Crippen LogP contribution in [0.25, 0.3) is 0 Å². The number of esters is 1. The van der Waals surface area contributed by atoms with Crippen LogP contribution in [0, 0.1) is 29.6 Å². The minimum absolute atomic E-state index is 0.0321. The Balaban J connectivity index is 1.57. The molecule has 0 radical (unpaired) electrons. The fourth-order valence-electron chi connectivity index (χ4n) is 5.80. The summed E-state index contributed by atoms with van der Waals surface area (Å²) in [4.78, 5) is 12.7. The van der Waals surface area contributed by atoms with E-state index in [1.807, 2.05) is 6.08 Å². The van der Waals surface area contributed by atoms with Crippen LogP contribution in [-0.2, 0) is 4.74 Å². The van der Waals surface area contributed by atoms with E-state index in [1.165, 1.54) is 6.07 Å². The lowest BCUT2D eigenvalue weighted by atomic mass is 9.46. The molecule has 146 valence electrons. The molecule has 27 heavy (non-hydrogen) atoms. The van der Waals surface area contributed by atoms with Gasteiger partial charge in [0.1, 0.15) is 28.8 Å². The Labute approximate surface area is 159 Å². The first-order valence-corrected chi connectivity index (χ1v) is 9.62. The molecule has 4 rings (SSSR count). The van der Waals surface area contributed by atoms with Gasteiger partial charge in [-0.15, -0.1) is 0 Å². The van der Waals surface area contributed by atoms with Gasteiger partial charge in [0.25, 0.3) is 0 Å². The van der Waals surface area contributed by atoms with Gasteiger partial charge in [0, 0.05) is 11.5 Å². The standard InChI is InChI=1S/C22H28O5/c1-12-7-14(23)8-16(24)18(12)19(25)27-17-11-21(4)15-10-20(2,3)9-13(15)5-6-22(17,21)26/h5-8,13,15,17,23-24,26H,9-11H2,1-4H3. The summed E-state index contributed by atoms with van der Waals surface area (Å²) in [6.07, 6.45) is 6.08. The van der Waals surface area contributed by atoms with Crippen molar-refractivity contribution in [1.82, 2.24) is 0 Å². The fraction of sp³-hybridized carbons (Fsp3) is 0.591. The number of hydrogen-bond acceptors (Lipinski definition) is 5. The number of aliphatic hydroxyl groups is 1. The van der Waals surface area contributed by atoms with Crippen LogP contribution in [0.3, 0.4) is 0 Å². The third kappa shape index (κ3) is 2.51. The predicted molar refractivity (Wildman–Crippen MR) is 101 cm³/mol.